The Hall–Kier alpha value is -3.16. The Morgan fingerprint density at radius 3 is 2.19 bits per heavy atom. The fourth-order valence-corrected chi connectivity index (χ4v) is 3.95. The monoisotopic (exact) mass is 374 g/mol. The lowest BCUT2D eigenvalue weighted by Crippen LogP contribution is -2.26. The molecule has 0 N–H and O–H groups in total. The van der Waals surface area contributed by atoms with Gasteiger partial charge in [0.05, 0.1) is 22.9 Å². The van der Waals surface area contributed by atoms with Crippen LogP contribution in [0.15, 0.2) is 65.7 Å². The highest BCUT2D eigenvalue weighted by molar-refractivity contribution is 6.35. The van der Waals surface area contributed by atoms with Crippen molar-refractivity contribution in [3.05, 3.63) is 81.9 Å². The Kier molecular flexibility index (Phi) is 3.80. The van der Waals surface area contributed by atoms with Gasteiger partial charge in [0, 0.05) is 17.6 Å². The van der Waals surface area contributed by atoms with Crippen molar-refractivity contribution in [3.8, 4) is 6.07 Å². The van der Waals surface area contributed by atoms with Crippen LogP contribution in [-0.2, 0) is 9.59 Å². The molecular weight excluding hydrogens is 360 g/mol. The highest BCUT2D eigenvalue weighted by Gasteiger charge is 2.55. The summed E-state index contributed by atoms with van der Waals surface area (Å²) in [5.41, 5.74) is 1.65. The standard InChI is InChI=1S/C22H15ClN2O2/c1-22(12-24)18(13-6-4-3-5-7-13)16-17(20(22)26)19(25(2)21(16)27)14-8-10-15(23)11-9-14/h3-11H,1-2H3. The van der Waals surface area contributed by atoms with Gasteiger partial charge in [0.1, 0.15) is 5.41 Å². The molecule has 4 nitrogen and oxygen atoms in total. The Morgan fingerprint density at radius 1 is 0.963 bits per heavy atom. The minimum Gasteiger partial charge on any atom is -0.310 e. The summed E-state index contributed by atoms with van der Waals surface area (Å²) < 4.78 is 0. The zero-order valence-electron chi connectivity index (χ0n) is 14.8. The Balaban J connectivity index is 2.07. The summed E-state index contributed by atoms with van der Waals surface area (Å²) in [6, 6.07) is 18.3. The molecule has 1 unspecified atom stereocenters. The molecule has 1 heterocycles. The van der Waals surface area contributed by atoms with E-state index in [0.29, 0.717) is 38.6 Å². The normalized spacial score (nSPS) is 21.8. The molecule has 0 aromatic heterocycles. The van der Waals surface area contributed by atoms with Crippen molar-refractivity contribution >= 4 is 34.6 Å². The number of hydrogen-bond acceptors (Lipinski definition) is 3. The largest absolute Gasteiger partial charge is 0.310 e. The van der Waals surface area contributed by atoms with Gasteiger partial charge in [-0.3, -0.25) is 9.59 Å². The van der Waals surface area contributed by atoms with Crippen molar-refractivity contribution in [1.29, 1.82) is 5.26 Å². The molecule has 0 saturated heterocycles. The van der Waals surface area contributed by atoms with E-state index >= 15 is 0 Å². The number of ketones is 1. The van der Waals surface area contributed by atoms with Crippen LogP contribution >= 0.6 is 11.6 Å². The third-order valence-electron chi connectivity index (χ3n) is 5.18. The molecule has 27 heavy (non-hydrogen) atoms. The average molecular weight is 375 g/mol. The summed E-state index contributed by atoms with van der Waals surface area (Å²) in [5.74, 6) is -0.623. The fourth-order valence-electron chi connectivity index (χ4n) is 3.82. The minimum absolute atomic E-state index is 0.277. The van der Waals surface area contributed by atoms with E-state index in [0.717, 1.165) is 0 Å². The number of hydrogen-bond donors (Lipinski definition) is 0. The number of carbonyl (C=O) groups excluding carboxylic acids is 2. The third-order valence-corrected chi connectivity index (χ3v) is 5.43. The van der Waals surface area contributed by atoms with Crippen molar-refractivity contribution in [2.45, 2.75) is 6.92 Å². The van der Waals surface area contributed by atoms with E-state index in [-0.39, 0.29) is 11.7 Å². The van der Waals surface area contributed by atoms with E-state index in [2.05, 4.69) is 6.07 Å². The SMILES string of the molecule is CN1C(=O)C2=C(c3ccccc3)C(C)(C#N)C(=O)C2=C1c1ccc(Cl)cc1. The van der Waals surface area contributed by atoms with Crippen LogP contribution in [0.4, 0.5) is 0 Å². The summed E-state index contributed by atoms with van der Waals surface area (Å²) in [6.07, 6.45) is 0. The number of halogens is 1. The van der Waals surface area contributed by atoms with Crippen molar-refractivity contribution in [2.75, 3.05) is 7.05 Å². The number of likely N-dealkylation sites (N-methyl/N-ethyl adjacent to an activating group) is 1. The molecule has 0 fully saturated rings. The maximum absolute atomic E-state index is 13.3. The molecule has 0 bridgehead atoms. The van der Waals surface area contributed by atoms with E-state index in [1.807, 2.05) is 30.3 Å². The Morgan fingerprint density at radius 2 is 1.59 bits per heavy atom. The smallest absolute Gasteiger partial charge is 0.259 e. The second-order valence-electron chi connectivity index (χ2n) is 6.78. The summed E-state index contributed by atoms with van der Waals surface area (Å²) in [7, 11) is 1.64. The Labute approximate surface area is 162 Å². The second-order valence-corrected chi connectivity index (χ2v) is 7.21. The molecule has 1 aliphatic heterocycles. The Bertz CT molecular complexity index is 1090. The van der Waals surface area contributed by atoms with Gasteiger partial charge in [-0.25, -0.2) is 0 Å². The predicted octanol–water partition coefficient (Wildman–Crippen LogP) is 4.09. The minimum atomic E-state index is -1.40. The average Bonchev–Trinajstić information content (AvgIpc) is 3.07. The number of carbonyl (C=O) groups is 2. The topological polar surface area (TPSA) is 61.2 Å². The summed E-state index contributed by atoms with van der Waals surface area (Å²) in [4.78, 5) is 27.9. The number of nitriles is 1. The molecule has 0 spiro atoms. The first-order chi connectivity index (χ1) is 12.9. The van der Waals surface area contributed by atoms with Crippen LogP contribution < -0.4 is 0 Å². The number of amides is 1. The quantitative estimate of drug-likeness (QED) is 0.795. The number of fused-ring (bicyclic) bond motifs is 1. The first-order valence-corrected chi connectivity index (χ1v) is 8.83. The second kappa shape index (κ2) is 5.94. The van der Waals surface area contributed by atoms with Crippen molar-refractivity contribution < 1.29 is 9.59 Å². The zero-order chi connectivity index (χ0) is 19.3. The van der Waals surface area contributed by atoms with E-state index in [1.54, 1.807) is 38.2 Å². The summed E-state index contributed by atoms with van der Waals surface area (Å²) in [6.45, 7) is 1.59. The molecule has 2 aromatic carbocycles. The van der Waals surface area contributed by atoms with E-state index in [4.69, 9.17) is 11.6 Å². The van der Waals surface area contributed by atoms with E-state index in [9.17, 15) is 14.9 Å². The molecule has 5 heteroatoms. The van der Waals surface area contributed by atoms with Gasteiger partial charge >= 0.3 is 0 Å². The number of allylic oxidation sites excluding steroid dienone is 1. The van der Waals surface area contributed by atoms with Gasteiger partial charge < -0.3 is 4.90 Å². The number of Topliss-reactive ketones (excluding diaryl/α,β-unsaturated/α-hetero) is 1. The van der Waals surface area contributed by atoms with Gasteiger partial charge in [-0.05, 0) is 30.2 Å². The molecule has 132 valence electrons. The molecule has 4 rings (SSSR count). The van der Waals surface area contributed by atoms with Crippen LogP contribution in [0.3, 0.4) is 0 Å². The molecule has 1 atom stereocenters. The lowest BCUT2D eigenvalue weighted by Gasteiger charge is -2.22. The highest BCUT2D eigenvalue weighted by atomic mass is 35.5. The molecule has 1 amide bonds. The van der Waals surface area contributed by atoms with Gasteiger partial charge in [0.2, 0.25) is 0 Å². The lowest BCUT2D eigenvalue weighted by molar-refractivity contribution is -0.122. The summed E-state index contributed by atoms with van der Waals surface area (Å²) >= 11 is 5.98. The maximum Gasteiger partial charge on any atom is 0.259 e. The molecule has 2 aromatic rings. The van der Waals surface area contributed by atoms with Crippen LogP contribution in [0, 0.1) is 16.7 Å². The van der Waals surface area contributed by atoms with Crippen molar-refractivity contribution in [2.24, 2.45) is 5.41 Å². The first-order valence-electron chi connectivity index (χ1n) is 8.45. The highest BCUT2D eigenvalue weighted by Crippen LogP contribution is 2.53. The zero-order valence-corrected chi connectivity index (χ0v) is 15.5. The summed E-state index contributed by atoms with van der Waals surface area (Å²) in [5, 5.41) is 10.4. The van der Waals surface area contributed by atoms with Gasteiger partial charge in [-0.15, -0.1) is 0 Å². The van der Waals surface area contributed by atoms with E-state index in [1.165, 1.54) is 4.90 Å². The van der Waals surface area contributed by atoms with Crippen LogP contribution in [-0.4, -0.2) is 23.6 Å². The van der Waals surface area contributed by atoms with Gasteiger partial charge in [0.15, 0.2) is 5.78 Å². The number of rotatable bonds is 2. The number of benzene rings is 2. The molecular formula is C22H15ClN2O2. The third kappa shape index (κ3) is 2.29. The molecule has 0 saturated carbocycles. The molecule has 0 radical (unpaired) electrons. The van der Waals surface area contributed by atoms with Crippen molar-refractivity contribution in [3.63, 3.8) is 0 Å². The van der Waals surface area contributed by atoms with Crippen LogP contribution in [0.1, 0.15) is 18.1 Å². The lowest BCUT2D eigenvalue weighted by atomic mass is 9.79. The molecule has 2 aliphatic rings. The van der Waals surface area contributed by atoms with Crippen LogP contribution in [0.2, 0.25) is 5.02 Å². The van der Waals surface area contributed by atoms with E-state index < -0.39 is 5.41 Å². The van der Waals surface area contributed by atoms with Gasteiger partial charge in [-0.2, -0.15) is 5.26 Å². The first kappa shape index (κ1) is 17.3. The number of nitrogens with zero attached hydrogens (tertiary/aromatic N) is 2. The van der Waals surface area contributed by atoms with Crippen LogP contribution in [0.5, 0.6) is 0 Å². The fraction of sp³-hybridized carbons (Fsp3) is 0.136. The van der Waals surface area contributed by atoms with Gasteiger partial charge in [-0.1, -0.05) is 54.1 Å². The predicted molar refractivity (Wildman–Crippen MR) is 103 cm³/mol. The molecule has 1 aliphatic carbocycles. The van der Waals surface area contributed by atoms with Crippen LogP contribution in [0.25, 0.3) is 11.3 Å². The maximum atomic E-state index is 13.3. The van der Waals surface area contributed by atoms with Gasteiger partial charge in [0.25, 0.3) is 5.91 Å². The van der Waals surface area contributed by atoms with Crippen molar-refractivity contribution in [1.82, 2.24) is 4.90 Å².